The lowest BCUT2D eigenvalue weighted by Crippen LogP contribution is -2.41. The van der Waals surface area contributed by atoms with Crippen LogP contribution in [0.15, 0.2) is 42.5 Å². The van der Waals surface area contributed by atoms with Crippen LogP contribution >= 0.6 is 11.3 Å². The molecule has 0 aliphatic carbocycles. The average molecular weight is 398 g/mol. The van der Waals surface area contributed by atoms with Crippen molar-refractivity contribution in [3.05, 3.63) is 59.4 Å². The van der Waals surface area contributed by atoms with Gasteiger partial charge in [0.15, 0.2) is 5.78 Å². The number of benzene rings is 2. The van der Waals surface area contributed by atoms with Gasteiger partial charge in [-0.25, -0.2) is 9.37 Å². The monoisotopic (exact) mass is 398 g/mol. The first-order valence-corrected chi connectivity index (χ1v) is 9.94. The van der Waals surface area contributed by atoms with E-state index in [1.807, 2.05) is 0 Å². The molecule has 7 heteroatoms. The smallest absolute Gasteiger partial charge is 0.274 e. The highest BCUT2D eigenvalue weighted by atomic mass is 32.1. The predicted molar refractivity (Wildman–Crippen MR) is 106 cm³/mol. The van der Waals surface area contributed by atoms with E-state index in [1.54, 1.807) is 35.2 Å². The van der Waals surface area contributed by atoms with Crippen molar-refractivity contribution in [3.63, 3.8) is 0 Å². The van der Waals surface area contributed by atoms with Gasteiger partial charge in [-0.05, 0) is 37.3 Å². The van der Waals surface area contributed by atoms with Gasteiger partial charge in [0.25, 0.3) is 11.1 Å². The fraction of sp³-hybridized carbons (Fsp3) is 0.286. The summed E-state index contributed by atoms with van der Waals surface area (Å²) in [5.41, 5.74) is 1.90. The molecule has 1 fully saturated rings. The molecule has 0 N–H and O–H groups in total. The molecule has 0 saturated carbocycles. The quantitative estimate of drug-likeness (QED) is 0.614. The first kappa shape index (κ1) is 18.6. The van der Waals surface area contributed by atoms with E-state index in [0.29, 0.717) is 42.3 Å². The number of piperidine rings is 1. The van der Waals surface area contributed by atoms with Crippen LogP contribution in [0, 0.1) is 5.82 Å². The number of hydrogen-bond acceptors (Lipinski definition) is 5. The lowest BCUT2D eigenvalue weighted by Gasteiger charge is -2.31. The summed E-state index contributed by atoms with van der Waals surface area (Å²) < 4.78 is 20.0. The summed E-state index contributed by atoms with van der Waals surface area (Å²) in [6.07, 6.45) is 1.40. The lowest BCUT2D eigenvalue weighted by molar-refractivity contribution is 0.0595. The van der Waals surface area contributed by atoms with Gasteiger partial charge in [0.05, 0.1) is 10.2 Å². The molecule has 1 aromatic heterocycles. The largest absolute Gasteiger partial charge is 0.467 e. The third-order valence-electron chi connectivity index (χ3n) is 4.87. The van der Waals surface area contributed by atoms with E-state index >= 15 is 0 Å². The van der Waals surface area contributed by atoms with Gasteiger partial charge in [-0.1, -0.05) is 23.5 Å². The van der Waals surface area contributed by atoms with E-state index in [0.717, 1.165) is 10.2 Å². The molecule has 0 bridgehead atoms. The van der Waals surface area contributed by atoms with Gasteiger partial charge in [0, 0.05) is 37.1 Å². The molecule has 2 aromatic carbocycles. The Morgan fingerprint density at radius 2 is 1.79 bits per heavy atom. The molecule has 5 nitrogen and oxygen atoms in total. The van der Waals surface area contributed by atoms with Crippen molar-refractivity contribution in [2.24, 2.45) is 0 Å². The minimum atomic E-state index is -0.286. The molecule has 28 heavy (non-hydrogen) atoms. The Labute approximate surface area is 165 Å². The second-order valence-electron chi connectivity index (χ2n) is 6.83. The second-order valence-corrected chi connectivity index (χ2v) is 7.83. The number of nitrogens with zero attached hydrogens (tertiary/aromatic N) is 2. The van der Waals surface area contributed by atoms with Gasteiger partial charge in [-0.2, -0.15) is 0 Å². The number of ether oxygens (including phenoxy) is 1. The van der Waals surface area contributed by atoms with Crippen molar-refractivity contribution in [1.82, 2.24) is 9.88 Å². The third-order valence-corrected chi connectivity index (χ3v) is 5.77. The molecule has 4 rings (SSSR count). The number of fused-ring (bicyclic) bond motifs is 1. The minimum Gasteiger partial charge on any atom is -0.467 e. The van der Waals surface area contributed by atoms with Crippen molar-refractivity contribution in [2.75, 3.05) is 13.1 Å². The van der Waals surface area contributed by atoms with Crippen LogP contribution in [0.3, 0.4) is 0 Å². The summed E-state index contributed by atoms with van der Waals surface area (Å²) in [5.74, 6) is -0.343. The maximum atomic E-state index is 13.3. The highest BCUT2D eigenvalue weighted by molar-refractivity contribution is 7.20. The van der Waals surface area contributed by atoms with Crippen molar-refractivity contribution < 1.29 is 18.7 Å². The summed E-state index contributed by atoms with van der Waals surface area (Å²) in [6.45, 7) is 2.69. The summed E-state index contributed by atoms with van der Waals surface area (Å²) in [5, 5.41) is 0.533. The number of amides is 1. The van der Waals surface area contributed by atoms with Gasteiger partial charge in [0.2, 0.25) is 0 Å². The highest BCUT2D eigenvalue weighted by Gasteiger charge is 2.25. The summed E-state index contributed by atoms with van der Waals surface area (Å²) in [6, 6.07) is 11.2. The number of carbonyl (C=O) groups excluding carboxylic acids is 2. The van der Waals surface area contributed by atoms with Crippen molar-refractivity contribution in [3.8, 4) is 5.19 Å². The highest BCUT2D eigenvalue weighted by Crippen LogP contribution is 2.30. The number of Topliss-reactive ketones (excluding diaryl/α,β-unsaturated/α-hetero) is 1. The zero-order valence-electron chi connectivity index (χ0n) is 15.4. The zero-order chi connectivity index (χ0) is 19.7. The van der Waals surface area contributed by atoms with E-state index in [1.165, 1.54) is 30.4 Å². The van der Waals surface area contributed by atoms with E-state index in [4.69, 9.17) is 4.74 Å². The van der Waals surface area contributed by atoms with Gasteiger partial charge >= 0.3 is 0 Å². The number of aromatic nitrogens is 1. The SMILES string of the molecule is CC(=O)c1ccc(C(=O)N2CCC(Oc3nc4ccc(F)cc4s3)CC2)cc1. The number of carbonyl (C=O) groups is 2. The van der Waals surface area contributed by atoms with Crippen LogP contribution in [0.2, 0.25) is 0 Å². The van der Waals surface area contributed by atoms with Gasteiger partial charge in [-0.3, -0.25) is 9.59 Å². The van der Waals surface area contributed by atoms with Crippen molar-refractivity contribution >= 4 is 33.2 Å². The number of rotatable bonds is 4. The average Bonchev–Trinajstić information content (AvgIpc) is 3.09. The Balaban J connectivity index is 1.35. The van der Waals surface area contributed by atoms with Crippen LogP contribution in [0.5, 0.6) is 5.19 Å². The Morgan fingerprint density at radius 3 is 2.46 bits per heavy atom. The maximum Gasteiger partial charge on any atom is 0.274 e. The minimum absolute atomic E-state index is 0.0189. The molecular formula is C21H19FN2O3S. The van der Waals surface area contributed by atoms with Gasteiger partial charge in [-0.15, -0.1) is 0 Å². The van der Waals surface area contributed by atoms with E-state index in [2.05, 4.69) is 4.98 Å². The molecule has 0 spiro atoms. The third kappa shape index (κ3) is 3.89. The van der Waals surface area contributed by atoms with Gasteiger partial charge < -0.3 is 9.64 Å². The molecule has 1 aliphatic rings. The van der Waals surface area contributed by atoms with Crippen molar-refractivity contribution in [2.45, 2.75) is 25.9 Å². The van der Waals surface area contributed by atoms with Crippen LogP contribution in [0.1, 0.15) is 40.5 Å². The van der Waals surface area contributed by atoms with Crippen LogP contribution in [0.4, 0.5) is 4.39 Å². The summed E-state index contributed by atoms with van der Waals surface area (Å²) in [4.78, 5) is 30.2. The first-order valence-electron chi connectivity index (χ1n) is 9.12. The molecule has 0 unspecified atom stereocenters. The Bertz CT molecular complexity index is 1020. The zero-order valence-corrected chi connectivity index (χ0v) is 16.2. The Morgan fingerprint density at radius 1 is 1.11 bits per heavy atom. The topological polar surface area (TPSA) is 59.5 Å². The molecule has 3 aromatic rings. The maximum absolute atomic E-state index is 13.3. The molecular weight excluding hydrogens is 379 g/mol. The predicted octanol–water partition coefficient (Wildman–Crippen LogP) is 4.32. The lowest BCUT2D eigenvalue weighted by atomic mass is 10.0. The Kier molecular flexibility index (Phi) is 5.09. The summed E-state index contributed by atoms with van der Waals surface area (Å²) in [7, 11) is 0. The van der Waals surface area contributed by atoms with Crippen molar-refractivity contribution in [1.29, 1.82) is 0 Å². The fourth-order valence-electron chi connectivity index (χ4n) is 3.28. The van der Waals surface area contributed by atoms with Crippen LogP contribution in [-0.2, 0) is 0 Å². The normalized spacial score (nSPS) is 15.0. The van der Waals surface area contributed by atoms with E-state index in [-0.39, 0.29) is 23.6 Å². The molecule has 0 radical (unpaired) electrons. The first-order chi connectivity index (χ1) is 13.5. The fourth-order valence-corrected chi connectivity index (χ4v) is 4.18. The van der Waals surface area contributed by atoms with Crippen LogP contribution in [0.25, 0.3) is 10.2 Å². The number of hydrogen-bond donors (Lipinski definition) is 0. The molecule has 1 aliphatic heterocycles. The molecule has 2 heterocycles. The number of halogens is 1. The Hall–Kier alpha value is -2.80. The van der Waals surface area contributed by atoms with E-state index in [9.17, 15) is 14.0 Å². The molecule has 1 saturated heterocycles. The standard InChI is InChI=1S/C21H19FN2O3S/c1-13(25)14-2-4-15(5-3-14)20(26)24-10-8-17(9-11-24)27-21-23-18-7-6-16(22)12-19(18)28-21/h2-7,12,17H,8-11H2,1H3. The van der Waals surface area contributed by atoms with Gasteiger partial charge in [0.1, 0.15) is 11.9 Å². The van der Waals surface area contributed by atoms with E-state index < -0.39 is 0 Å². The number of likely N-dealkylation sites (tertiary alicyclic amines) is 1. The molecule has 0 atom stereocenters. The van der Waals surface area contributed by atoms with Crippen LogP contribution in [-0.4, -0.2) is 40.8 Å². The second kappa shape index (κ2) is 7.67. The molecule has 1 amide bonds. The number of ketones is 1. The summed E-state index contributed by atoms with van der Waals surface area (Å²) >= 11 is 1.33. The van der Waals surface area contributed by atoms with Crippen LogP contribution < -0.4 is 4.74 Å². The number of thiazole rings is 1. The molecule has 144 valence electrons.